The Balaban J connectivity index is 1.42. The standard InChI is InChI=1S/C20H32N2O4/c1-19(2)17(23)25-15(21-19)13-11-9-7-5-6-8-10-12-14-16-22-20(3,4)18(24)26-16/h5-14H2,1-4H3. The second-order valence-corrected chi connectivity index (χ2v) is 8.24. The fourth-order valence-corrected chi connectivity index (χ4v) is 3.05. The van der Waals surface area contributed by atoms with Gasteiger partial charge in [-0.05, 0) is 40.5 Å². The van der Waals surface area contributed by atoms with E-state index in [2.05, 4.69) is 9.98 Å². The average molecular weight is 364 g/mol. The van der Waals surface area contributed by atoms with Crippen LogP contribution in [0.25, 0.3) is 0 Å². The first-order chi connectivity index (χ1) is 12.2. The molecule has 2 aliphatic rings. The van der Waals surface area contributed by atoms with Crippen molar-refractivity contribution in [3.63, 3.8) is 0 Å². The van der Waals surface area contributed by atoms with Gasteiger partial charge < -0.3 is 9.47 Å². The lowest BCUT2D eigenvalue weighted by Crippen LogP contribution is -2.25. The van der Waals surface area contributed by atoms with Gasteiger partial charge >= 0.3 is 11.9 Å². The number of ether oxygens (including phenoxy) is 2. The van der Waals surface area contributed by atoms with Crippen LogP contribution in [0.5, 0.6) is 0 Å². The van der Waals surface area contributed by atoms with Gasteiger partial charge in [-0.15, -0.1) is 0 Å². The minimum Gasteiger partial charge on any atom is -0.410 e. The summed E-state index contributed by atoms with van der Waals surface area (Å²) in [5.74, 6) is 0.709. The van der Waals surface area contributed by atoms with Gasteiger partial charge in [0.15, 0.2) is 22.9 Å². The van der Waals surface area contributed by atoms with E-state index in [1.54, 1.807) is 27.7 Å². The smallest absolute Gasteiger partial charge is 0.340 e. The summed E-state index contributed by atoms with van der Waals surface area (Å²) in [5.41, 5.74) is -1.40. The zero-order valence-corrected chi connectivity index (χ0v) is 16.6. The number of carbonyl (C=O) groups excluding carboxylic acids is 2. The van der Waals surface area contributed by atoms with Gasteiger partial charge in [-0.25, -0.2) is 19.6 Å². The van der Waals surface area contributed by atoms with Crippen LogP contribution < -0.4 is 0 Å². The molecule has 0 amide bonds. The molecule has 0 spiro atoms. The zero-order valence-electron chi connectivity index (χ0n) is 16.6. The van der Waals surface area contributed by atoms with E-state index in [9.17, 15) is 9.59 Å². The number of hydrogen-bond donors (Lipinski definition) is 0. The minimum absolute atomic E-state index is 0.241. The van der Waals surface area contributed by atoms with E-state index < -0.39 is 11.1 Å². The summed E-state index contributed by atoms with van der Waals surface area (Å²) >= 11 is 0. The van der Waals surface area contributed by atoms with Crippen LogP contribution >= 0.6 is 0 Å². The number of esters is 2. The third kappa shape index (κ3) is 5.92. The van der Waals surface area contributed by atoms with Gasteiger partial charge in [0.05, 0.1) is 0 Å². The molecular weight excluding hydrogens is 332 g/mol. The molecule has 0 aromatic rings. The predicted octanol–water partition coefficient (Wildman–Crippen LogP) is 4.36. The van der Waals surface area contributed by atoms with E-state index in [-0.39, 0.29) is 11.9 Å². The molecule has 0 radical (unpaired) electrons. The normalized spacial score (nSPS) is 20.6. The number of aliphatic imine (C=N–C) groups is 2. The molecule has 0 bridgehead atoms. The van der Waals surface area contributed by atoms with Crippen LogP contribution in [0.4, 0.5) is 0 Å². The van der Waals surface area contributed by atoms with E-state index in [1.165, 1.54) is 25.7 Å². The van der Waals surface area contributed by atoms with Gasteiger partial charge in [-0.1, -0.05) is 38.5 Å². The molecule has 0 saturated heterocycles. The molecular formula is C20H32N2O4. The molecule has 0 unspecified atom stereocenters. The van der Waals surface area contributed by atoms with E-state index in [0.29, 0.717) is 11.8 Å². The Morgan fingerprint density at radius 3 is 1.19 bits per heavy atom. The molecule has 0 atom stereocenters. The SMILES string of the molecule is CC1(C)N=C(CCCCCCCCCCC2=NC(C)(C)C(=O)O2)OC1=O. The number of nitrogens with zero attached hydrogens (tertiary/aromatic N) is 2. The molecule has 0 aromatic carbocycles. The summed E-state index contributed by atoms with van der Waals surface area (Å²) in [6.45, 7) is 7.14. The lowest BCUT2D eigenvalue weighted by Gasteiger charge is -2.05. The molecule has 2 rings (SSSR count). The van der Waals surface area contributed by atoms with Gasteiger partial charge in [0.2, 0.25) is 0 Å². The number of cyclic esters (lactones) is 2. The first-order valence-electron chi connectivity index (χ1n) is 9.83. The molecule has 0 saturated carbocycles. The molecule has 146 valence electrons. The Bertz CT molecular complexity index is 539. The van der Waals surface area contributed by atoms with Crippen molar-refractivity contribution in [1.29, 1.82) is 0 Å². The van der Waals surface area contributed by atoms with Crippen molar-refractivity contribution in [2.24, 2.45) is 9.98 Å². The molecule has 2 aliphatic heterocycles. The van der Waals surface area contributed by atoms with E-state index in [1.807, 2.05) is 0 Å². The van der Waals surface area contributed by atoms with Crippen LogP contribution in [-0.2, 0) is 19.1 Å². The van der Waals surface area contributed by atoms with Crippen molar-refractivity contribution in [2.45, 2.75) is 103 Å². The third-order valence-electron chi connectivity index (χ3n) is 4.76. The third-order valence-corrected chi connectivity index (χ3v) is 4.76. The maximum Gasteiger partial charge on any atom is 0.340 e. The average Bonchev–Trinajstić information content (AvgIpc) is 2.95. The van der Waals surface area contributed by atoms with E-state index >= 15 is 0 Å². The van der Waals surface area contributed by atoms with Gasteiger partial charge in [0.1, 0.15) is 0 Å². The Kier molecular flexibility index (Phi) is 6.95. The van der Waals surface area contributed by atoms with Crippen LogP contribution in [0.2, 0.25) is 0 Å². The second-order valence-electron chi connectivity index (χ2n) is 8.24. The summed E-state index contributed by atoms with van der Waals surface area (Å²) in [4.78, 5) is 31.7. The lowest BCUT2D eigenvalue weighted by atomic mass is 10.1. The number of carbonyl (C=O) groups is 2. The lowest BCUT2D eigenvalue weighted by molar-refractivity contribution is -0.138. The number of hydrogen-bond acceptors (Lipinski definition) is 6. The summed E-state index contributed by atoms with van der Waals surface area (Å²) in [5, 5.41) is 0. The number of rotatable bonds is 11. The molecule has 0 N–H and O–H groups in total. The molecule has 6 heteroatoms. The highest BCUT2D eigenvalue weighted by atomic mass is 16.6. The van der Waals surface area contributed by atoms with Crippen molar-refractivity contribution in [2.75, 3.05) is 0 Å². The van der Waals surface area contributed by atoms with Gasteiger partial charge in [-0.3, -0.25) is 0 Å². The highest BCUT2D eigenvalue weighted by Crippen LogP contribution is 2.22. The maximum atomic E-state index is 11.5. The van der Waals surface area contributed by atoms with Gasteiger partial charge in [0.25, 0.3) is 0 Å². The van der Waals surface area contributed by atoms with Crippen LogP contribution in [0, 0.1) is 0 Å². The Morgan fingerprint density at radius 2 is 0.923 bits per heavy atom. The first kappa shape index (κ1) is 20.6. The minimum atomic E-state index is -0.701. The van der Waals surface area contributed by atoms with Crippen LogP contribution in [-0.4, -0.2) is 34.8 Å². The molecule has 2 heterocycles. The number of unbranched alkanes of at least 4 members (excludes halogenated alkanes) is 7. The topological polar surface area (TPSA) is 77.3 Å². The summed E-state index contributed by atoms with van der Waals surface area (Å²) in [7, 11) is 0. The molecule has 6 nitrogen and oxygen atoms in total. The summed E-state index contributed by atoms with van der Waals surface area (Å²) in [6, 6.07) is 0. The Labute approximate surface area is 156 Å². The Hall–Kier alpha value is -1.72. The first-order valence-corrected chi connectivity index (χ1v) is 9.83. The summed E-state index contributed by atoms with van der Waals surface area (Å²) < 4.78 is 10.4. The monoisotopic (exact) mass is 364 g/mol. The van der Waals surface area contributed by atoms with Crippen molar-refractivity contribution >= 4 is 23.7 Å². The van der Waals surface area contributed by atoms with Crippen molar-refractivity contribution in [3.05, 3.63) is 0 Å². The highest BCUT2D eigenvalue weighted by Gasteiger charge is 2.37. The van der Waals surface area contributed by atoms with Crippen LogP contribution in [0.1, 0.15) is 91.9 Å². The highest BCUT2D eigenvalue weighted by molar-refractivity contribution is 5.99. The van der Waals surface area contributed by atoms with Crippen LogP contribution in [0.15, 0.2) is 9.98 Å². The van der Waals surface area contributed by atoms with Crippen molar-refractivity contribution in [1.82, 2.24) is 0 Å². The zero-order chi connectivity index (χ0) is 19.2. The molecule has 0 fully saturated rings. The van der Waals surface area contributed by atoms with Crippen LogP contribution in [0.3, 0.4) is 0 Å². The van der Waals surface area contributed by atoms with Crippen molar-refractivity contribution < 1.29 is 19.1 Å². The van der Waals surface area contributed by atoms with Gasteiger partial charge in [0, 0.05) is 12.8 Å². The van der Waals surface area contributed by atoms with Crippen molar-refractivity contribution in [3.8, 4) is 0 Å². The molecule has 0 aliphatic carbocycles. The van der Waals surface area contributed by atoms with E-state index in [0.717, 1.165) is 38.5 Å². The second kappa shape index (κ2) is 8.78. The predicted molar refractivity (Wildman–Crippen MR) is 101 cm³/mol. The fourth-order valence-electron chi connectivity index (χ4n) is 3.05. The molecule has 0 aromatic heterocycles. The van der Waals surface area contributed by atoms with E-state index in [4.69, 9.17) is 9.47 Å². The largest absolute Gasteiger partial charge is 0.410 e. The molecule has 26 heavy (non-hydrogen) atoms. The fraction of sp³-hybridized carbons (Fsp3) is 0.800. The summed E-state index contributed by atoms with van der Waals surface area (Å²) in [6.07, 6.45) is 10.7. The maximum absolute atomic E-state index is 11.5. The van der Waals surface area contributed by atoms with Gasteiger partial charge in [-0.2, -0.15) is 0 Å². The quantitative estimate of drug-likeness (QED) is 0.403. The Morgan fingerprint density at radius 1 is 0.615 bits per heavy atom.